The van der Waals surface area contributed by atoms with Crippen molar-refractivity contribution in [2.24, 2.45) is 0 Å². The van der Waals surface area contributed by atoms with Crippen molar-refractivity contribution < 1.29 is 4.79 Å². The summed E-state index contributed by atoms with van der Waals surface area (Å²) in [5.41, 5.74) is 3.54. The zero-order valence-corrected chi connectivity index (χ0v) is 7.26. The molecule has 1 saturated carbocycles. The minimum absolute atomic E-state index is 0.323. The molecule has 0 spiro atoms. The van der Waals surface area contributed by atoms with Crippen LogP contribution < -0.4 is 0 Å². The summed E-state index contributed by atoms with van der Waals surface area (Å²) in [4.78, 5) is 11.3. The number of fused-ring (bicyclic) bond motifs is 1. The molecule has 12 heavy (non-hydrogen) atoms. The van der Waals surface area contributed by atoms with Gasteiger partial charge in [-0.3, -0.25) is 4.79 Å². The predicted molar refractivity (Wildman–Crippen MR) is 48.8 cm³/mol. The molecule has 2 rings (SSSR count). The lowest BCUT2D eigenvalue weighted by Crippen LogP contribution is -1.91. The molecule has 1 nitrogen and oxygen atoms in total. The lowest BCUT2D eigenvalue weighted by molar-refractivity contribution is -0.114. The molecule has 0 aromatic rings. The Morgan fingerprint density at radius 1 is 1.25 bits per heavy atom. The van der Waals surface area contributed by atoms with Crippen molar-refractivity contribution in [3.05, 3.63) is 34.9 Å². The maximum Gasteiger partial charge on any atom is 0.163 e. The molecule has 0 aliphatic heterocycles. The molecule has 1 fully saturated rings. The average Bonchev–Trinajstić information content (AvgIpc) is 2.28. The van der Waals surface area contributed by atoms with Gasteiger partial charge in [0.1, 0.15) is 0 Å². The van der Waals surface area contributed by atoms with Crippen LogP contribution in [0.3, 0.4) is 0 Å². The van der Waals surface area contributed by atoms with E-state index in [2.05, 4.69) is 25.2 Å². The molecule has 0 heterocycles. The summed E-state index contributed by atoms with van der Waals surface area (Å²) >= 11 is 0. The van der Waals surface area contributed by atoms with Gasteiger partial charge < -0.3 is 0 Å². The van der Waals surface area contributed by atoms with E-state index in [0.29, 0.717) is 12.2 Å². The Morgan fingerprint density at radius 3 is 2.92 bits per heavy atom. The second-order valence-corrected chi connectivity index (χ2v) is 3.45. The topological polar surface area (TPSA) is 17.1 Å². The van der Waals surface area contributed by atoms with E-state index in [9.17, 15) is 4.79 Å². The smallest absolute Gasteiger partial charge is 0.163 e. The highest BCUT2D eigenvalue weighted by Crippen LogP contribution is 2.30. The van der Waals surface area contributed by atoms with Crippen LogP contribution in [0.4, 0.5) is 0 Å². The molecule has 0 aromatic heterocycles. The minimum atomic E-state index is 0.323. The van der Waals surface area contributed by atoms with Crippen molar-refractivity contribution in [3.8, 4) is 0 Å². The maximum absolute atomic E-state index is 11.3. The molecular weight excluding hydrogens is 148 g/mol. The van der Waals surface area contributed by atoms with Crippen molar-refractivity contribution in [3.63, 3.8) is 0 Å². The van der Waals surface area contributed by atoms with E-state index in [4.69, 9.17) is 0 Å². The van der Waals surface area contributed by atoms with E-state index in [-0.39, 0.29) is 0 Å². The quantitative estimate of drug-likeness (QED) is 0.532. The standard InChI is InChI=1S/C11H12O/c1-8-2-4-9-5-7-11(12)10(9)6-3-8/h2,4,6H,3,5,7H2,1H3. The fourth-order valence-electron chi connectivity index (χ4n) is 1.69. The third-order valence-electron chi connectivity index (χ3n) is 2.46. The predicted octanol–water partition coefficient (Wildman–Crippen LogP) is 2.55. The first-order valence-corrected chi connectivity index (χ1v) is 4.37. The van der Waals surface area contributed by atoms with Crippen LogP contribution in [-0.2, 0) is 4.79 Å². The van der Waals surface area contributed by atoms with Gasteiger partial charge in [0.2, 0.25) is 0 Å². The Kier molecular flexibility index (Phi) is 1.72. The van der Waals surface area contributed by atoms with Crippen molar-refractivity contribution in [1.29, 1.82) is 0 Å². The number of rotatable bonds is 0. The van der Waals surface area contributed by atoms with Crippen molar-refractivity contribution in [2.45, 2.75) is 26.2 Å². The monoisotopic (exact) mass is 160 g/mol. The molecular formula is C11H12O. The highest BCUT2D eigenvalue weighted by Gasteiger charge is 2.22. The van der Waals surface area contributed by atoms with Crippen LogP contribution in [0.2, 0.25) is 0 Å². The highest BCUT2D eigenvalue weighted by atomic mass is 16.1. The lowest BCUT2D eigenvalue weighted by atomic mass is 10.1. The Labute approximate surface area is 72.5 Å². The second-order valence-electron chi connectivity index (χ2n) is 3.45. The molecule has 0 aromatic carbocycles. The Hall–Kier alpha value is -1.11. The lowest BCUT2D eigenvalue weighted by Gasteiger charge is -1.94. The van der Waals surface area contributed by atoms with Gasteiger partial charge in [-0.2, -0.15) is 0 Å². The van der Waals surface area contributed by atoms with Gasteiger partial charge in [0.05, 0.1) is 0 Å². The normalized spacial score (nSPS) is 22.4. The van der Waals surface area contributed by atoms with Crippen LogP contribution >= 0.6 is 0 Å². The fourth-order valence-corrected chi connectivity index (χ4v) is 1.69. The van der Waals surface area contributed by atoms with Gasteiger partial charge in [-0.15, -0.1) is 0 Å². The SMILES string of the molecule is CC1=CC=C2CCC(=O)C2=CC1. The Bertz CT molecular complexity index is 316. The number of carbonyl (C=O) groups is 1. The van der Waals surface area contributed by atoms with E-state index < -0.39 is 0 Å². The summed E-state index contributed by atoms with van der Waals surface area (Å²) in [5, 5.41) is 0. The van der Waals surface area contributed by atoms with Gasteiger partial charge in [0.25, 0.3) is 0 Å². The van der Waals surface area contributed by atoms with Crippen LogP contribution in [0.15, 0.2) is 34.9 Å². The van der Waals surface area contributed by atoms with E-state index in [1.165, 1.54) is 11.1 Å². The first kappa shape index (κ1) is 7.53. The van der Waals surface area contributed by atoms with Gasteiger partial charge in [-0.05, 0) is 25.3 Å². The third-order valence-corrected chi connectivity index (χ3v) is 2.46. The largest absolute Gasteiger partial charge is 0.294 e. The zero-order chi connectivity index (χ0) is 8.55. The number of allylic oxidation sites excluding steroid dienone is 6. The van der Waals surface area contributed by atoms with Crippen LogP contribution in [0, 0.1) is 0 Å². The third kappa shape index (κ3) is 1.15. The molecule has 0 saturated heterocycles. The Morgan fingerprint density at radius 2 is 2.08 bits per heavy atom. The summed E-state index contributed by atoms with van der Waals surface area (Å²) in [6.07, 6.45) is 8.87. The van der Waals surface area contributed by atoms with Crippen molar-refractivity contribution >= 4 is 5.78 Å². The van der Waals surface area contributed by atoms with E-state index in [1.54, 1.807) is 0 Å². The average molecular weight is 160 g/mol. The molecule has 1 heteroatoms. The summed E-state index contributed by atoms with van der Waals surface area (Å²) in [6.45, 7) is 2.10. The maximum atomic E-state index is 11.3. The minimum Gasteiger partial charge on any atom is -0.294 e. The van der Waals surface area contributed by atoms with Crippen LogP contribution in [0.5, 0.6) is 0 Å². The summed E-state index contributed by atoms with van der Waals surface area (Å²) < 4.78 is 0. The molecule has 0 atom stereocenters. The molecule has 0 bridgehead atoms. The molecule has 62 valence electrons. The van der Waals surface area contributed by atoms with Crippen molar-refractivity contribution in [2.75, 3.05) is 0 Å². The fraction of sp³-hybridized carbons (Fsp3) is 0.364. The number of carbonyl (C=O) groups excluding carboxylic acids is 1. The van der Waals surface area contributed by atoms with E-state index >= 15 is 0 Å². The van der Waals surface area contributed by atoms with Gasteiger partial charge in [0, 0.05) is 12.0 Å². The van der Waals surface area contributed by atoms with Gasteiger partial charge in [-0.1, -0.05) is 23.8 Å². The summed E-state index contributed by atoms with van der Waals surface area (Å²) in [6, 6.07) is 0. The van der Waals surface area contributed by atoms with E-state index in [1.807, 2.05) is 0 Å². The number of hydrogen-bond donors (Lipinski definition) is 0. The first-order chi connectivity index (χ1) is 5.77. The molecule has 2 aliphatic rings. The molecule has 2 aliphatic carbocycles. The first-order valence-electron chi connectivity index (χ1n) is 4.37. The number of ketones is 1. The summed E-state index contributed by atoms with van der Waals surface area (Å²) in [5.74, 6) is 0.323. The highest BCUT2D eigenvalue weighted by molar-refractivity contribution is 6.03. The zero-order valence-electron chi connectivity index (χ0n) is 7.26. The van der Waals surface area contributed by atoms with Gasteiger partial charge >= 0.3 is 0 Å². The van der Waals surface area contributed by atoms with Crippen LogP contribution in [0.1, 0.15) is 26.2 Å². The van der Waals surface area contributed by atoms with Crippen LogP contribution in [0.25, 0.3) is 0 Å². The second kappa shape index (κ2) is 2.74. The van der Waals surface area contributed by atoms with Gasteiger partial charge in [0.15, 0.2) is 5.78 Å². The Balaban J connectivity index is 2.41. The number of Topliss-reactive ketones (excluding diaryl/α,β-unsaturated/α-hetero) is 1. The van der Waals surface area contributed by atoms with Gasteiger partial charge in [-0.25, -0.2) is 0 Å². The van der Waals surface area contributed by atoms with Crippen molar-refractivity contribution in [1.82, 2.24) is 0 Å². The molecule has 0 amide bonds. The molecule has 0 N–H and O–H groups in total. The number of hydrogen-bond acceptors (Lipinski definition) is 1. The van der Waals surface area contributed by atoms with E-state index in [0.717, 1.165) is 18.4 Å². The summed E-state index contributed by atoms with van der Waals surface area (Å²) in [7, 11) is 0. The van der Waals surface area contributed by atoms with Crippen LogP contribution in [-0.4, -0.2) is 5.78 Å². The molecule has 0 unspecified atom stereocenters. The molecule has 0 radical (unpaired) electrons.